The molecule has 7 nitrogen and oxygen atoms in total. The van der Waals surface area contributed by atoms with E-state index in [-0.39, 0.29) is 22.9 Å². The predicted octanol–water partition coefficient (Wildman–Crippen LogP) is 4.05. The van der Waals surface area contributed by atoms with Gasteiger partial charge in [-0.25, -0.2) is 12.8 Å². The van der Waals surface area contributed by atoms with Crippen LogP contribution in [-0.2, 0) is 10.0 Å². The zero-order chi connectivity index (χ0) is 18.9. The maximum atomic E-state index is 13.3. The molecule has 0 heterocycles. The number of non-ortho nitro benzene ring substituents is 1. The van der Waals surface area contributed by atoms with Crippen molar-refractivity contribution in [1.29, 1.82) is 0 Å². The molecule has 0 atom stereocenters. The van der Waals surface area contributed by atoms with Crippen molar-refractivity contribution in [2.24, 2.45) is 0 Å². The molecule has 0 aliphatic carbocycles. The zero-order valence-electron chi connectivity index (χ0n) is 13.5. The highest BCUT2D eigenvalue weighted by atomic mass is 32.2. The highest BCUT2D eigenvalue weighted by Crippen LogP contribution is 2.34. The van der Waals surface area contributed by atoms with Crippen molar-refractivity contribution in [1.82, 2.24) is 0 Å². The summed E-state index contributed by atoms with van der Waals surface area (Å²) >= 11 is 0. The van der Waals surface area contributed by atoms with Gasteiger partial charge in [-0.05, 0) is 41.1 Å². The van der Waals surface area contributed by atoms with E-state index in [0.717, 1.165) is 12.3 Å². The van der Waals surface area contributed by atoms with Crippen LogP contribution in [0.25, 0.3) is 10.8 Å². The van der Waals surface area contributed by atoms with Gasteiger partial charge in [0.25, 0.3) is 5.69 Å². The van der Waals surface area contributed by atoms with E-state index < -0.39 is 14.9 Å². The largest absolute Gasteiger partial charge is 0.455 e. The fraction of sp³-hybridized carbons (Fsp3) is 0.0588. The summed E-state index contributed by atoms with van der Waals surface area (Å²) in [4.78, 5) is 10.4. The summed E-state index contributed by atoms with van der Waals surface area (Å²) in [5.41, 5.74) is -0.181. The molecule has 0 saturated heterocycles. The molecule has 0 aromatic heterocycles. The van der Waals surface area contributed by atoms with E-state index in [1.54, 1.807) is 24.3 Å². The number of hydrogen-bond donors (Lipinski definition) is 1. The second-order valence-electron chi connectivity index (χ2n) is 5.57. The maximum Gasteiger partial charge on any atom is 0.273 e. The molecule has 3 aromatic rings. The Morgan fingerprint density at radius 1 is 1.04 bits per heavy atom. The number of anilines is 1. The van der Waals surface area contributed by atoms with E-state index in [9.17, 15) is 22.9 Å². The van der Waals surface area contributed by atoms with Crippen molar-refractivity contribution in [2.75, 3.05) is 11.0 Å². The fourth-order valence-electron chi connectivity index (χ4n) is 2.38. The van der Waals surface area contributed by atoms with Crippen molar-refractivity contribution in [2.45, 2.75) is 0 Å². The Labute approximate surface area is 148 Å². The van der Waals surface area contributed by atoms with Crippen LogP contribution in [0.2, 0.25) is 0 Å². The minimum Gasteiger partial charge on any atom is -0.455 e. The monoisotopic (exact) mass is 376 g/mol. The number of nitro groups is 1. The molecule has 0 amide bonds. The predicted molar refractivity (Wildman–Crippen MR) is 95.5 cm³/mol. The van der Waals surface area contributed by atoms with Crippen LogP contribution in [0.4, 0.5) is 15.8 Å². The standard InChI is InChI=1S/C17H13FN2O5S/c1-26(23,24)19-16-7-5-14(20(21)22)10-17(16)25-15-6-3-11-8-13(18)4-2-12(11)9-15/h2-10,19H,1H3. The minimum atomic E-state index is -3.61. The third-order valence-corrected chi connectivity index (χ3v) is 4.06. The third kappa shape index (κ3) is 4.06. The summed E-state index contributed by atoms with van der Waals surface area (Å²) in [6.45, 7) is 0. The summed E-state index contributed by atoms with van der Waals surface area (Å²) < 4.78 is 44.2. The molecule has 9 heteroatoms. The number of ether oxygens (including phenoxy) is 1. The van der Waals surface area contributed by atoms with Crippen LogP contribution in [0.5, 0.6) is 11.5 Å². The van der Waals surface area contributed by atoms with Crippen LogP contribution in [0.15, 0.2) is 54.6 Å². The third-order valence-electron chi connectivity index (χ3n) is 3.47. The normalized spacial score (nSPS) is 11.3. The first-order chi connectivity index (χ1) is 12.2. The number of fused-ring (bicyclic) bond motifs is 1. The maximum absolute atomic E-state index is 13.3. The van der Waals surface area contributed by atoms with Gasteiger partial charge in [0.05, 0.1) is 22.9 Å². The Morgan fingerprint density at radius 3 is 2.42 bits per heavy atom. The Hall–Kier alpha value is -3.20. The van der Waals surface area contributed by atoms with Gasteiger partial charge in [0.1, 0.15) is 11.6 Å². The molecule has 3 aromatic carbocycles. The van der Waals surface area contributed by atoms with Crippen LogP contribution in [-0.4, -0.2) is 19.6 Å². The number of hydrogen-bond acceptors (Lipinski definition) is 5. The molecule has 0 spiro atoms. The molecule has 0 saturated carbocycles. The summed E-state index contributed by atoms with van der Waals surface area (Å²) in [7, 11) is -3.61. The SMILES string of the molecule is CS(=O)(=O)Nc1ccc([N+](=O)[O-])cc1Oc1ccc2cc(F)ccc2c1. The molecule has 3 rings (SSSR count). The van der Waals surface area contributed by atoms with E-state index in [0.29, 0.717) is 16.5 Å². The van der Waals surface area contributed by atoms with E-state index in [1.807, 2.05) is 0 Å². The van der Waals surface area contributed by atoms with E-state index in [1.165, 1.54) is 24.3 Å². The first-order valence-corrected chi connectivity index (χ1v) is 9.24. The summed E-state index contributed by atoms with van der Waals surface area (Å²) in [5.74, 6) is -0.0725. The van der Waals surface area contributed by atoms with E-state index in [2.05, 4.69) is 4.72 Å². The van der Waals surface area contributed by atoms with Crippen molar-refractivity contribution in [3.63, 3.8) is 0 Å². The van der Waals surface area contributed by atoms with Crippen molar-refractivity contribution < 1.29 is 22.5 Å². The first-order valence-electron chi connectivity index (χ1n) is 7.35. The lowest BCUT2D eigenvalue weighted by molar-refractivity contribution is -0.384. The first kappa shape index (κ1) is 17.6. The number of nitrogens with zero attached hydrogens (tertiary/aromatic N) is 1. The van der Waals surface area contributed by atoms with Gasteiger partial charge in [0.2, 0.25) is 10.0 Å². The molecule has 0 aliphatic heterocycles. The van der Waals surface area contributed by atoms with Crippen LogP contribution in [0, 0.1) is 15.9 Å². The van der Waals surface area contributed by atoms with Crippen LogP contribution >= 0.6 is 0 Å². The quantitative estimate of drug-likeness (QED) is 0.535. The summed E-state index contributed by atoms with van der Waals surface area (Å²) in [6, 6.07) is 12.6. The van der Waals surface area contributed by atoms with Gasteiger partial charge in [-0.1, -0.05) is 12.1 Å². The molecule has 0 aliphatic rings. The number of benzene rings is 3. The average molecular weight is 376 g/mol. The van der Waals surface area contributed by atoms with E-state index >= 15 is 0 Å². The Morgan fingerprint density at radius 2 is 1.73 bits per heavy atom. The Balaban J connectivity index is 2.02. The Kier molecular flexibility index (Phi) is 4.47. The molecule has 0 radical (unpaired) electrons. The molecular formula is C17H13FN2O5S. The van der Waals surface area contributed by atoms with Gasteiger partial charge in [0, 0.05) is 6.07 Å². The van der Waals surface area contributed by atoms with Gasteiger partial charge in [-0.15, -0.1) is 0 Å². The molecule has 134 valence electrons. The average Bonchev–Trinajstić information content (AvgIpc) is 2.55. The van der Waals surface area contributed by atoms with E-state index in [4.69, 9.17) is 4.74 Å². The van der Waals surface area contributed by atoms with Gasteiger partial charge >= 0.3 is 0 Å². The lowest BCUT2D eigenvalue weighted by Crippen LogP contribution is -2.10. The minimum absolute atomic E-state index is 0.0221. The zero-order valence-corrected chi connectivity index (χ0v) is 14.3. The number of sulfonamides is 1. The number of halogens is 1. The lowest BCUT2D eigenvalue weighted by Gasteiger charge is -2.12. The number of rotatable bonds is 5. The van der Waals surface area contributed by atoms with Crippen molar-refractivity contribution >= 4 is 32.2 Å². The molecule has 26 heavy (non-hydrogen) atoms. The van der Waals surface area contributed by atoms with Crippen LogP contribution in [0.3, 0.4) is 0 Å². The molecule has 0 bridgehead atoms. The van der Waals surface area contributed by atoms with Gasteiger partial charge in [-0.3, -0.25) is 14.8 Å². The molecule has 1 N–H and O–H groups in total. The lowest BCUT2D eigenvalue weighted by atomic mass is 10.1. The molecule has 0 unspecified atom stereocenters. The van der Waals surface area contributed by atoms with Gasteiger partial charge in [-0.2, -0.15) is 0 Å². The fourth-order valence-corrected chi connectivity index (χ4v) is 2.95. The van der Waals surface area contributed by atoms with Gasteiger partial charge in [0.15, 0.2) is 5.75 Å². The van der Waals surface area contributed by atoms with Crippen molar-refractivity contribution in [3.05, 3.63) is 70.5 Å². The second-order valence-corrected chi connectivity index (χ2v) is 7.32. The smallest absolute Gasteiger partial charge is 0.273 e. The Bertz CT molecular complexity index is 1120. The topological polar surface area (TPSA) is 98.5 Å². The number of nitrogens with one attached hydrogen (secondary N) is 1. The van der Waals surface area contributed by atoms with Crippen LogP contribution < -0.4 is 9.46 Å². The highest BCUT2D eigenvalue weighted by Gasteiger charge is 2.15. The molecular weight excluding hydrogens is 363 g/mol. The summed E-state index contributed by atoms with van der Waals surface area (Å²) in [5, 5.41) is 12.3. The van der Waals surface area contributed by atoms with Crippen LogP contribution in [0.1, 0.15) is 0 Å². The highest BCUT2D eigenvalue weighted by molar-refractivity contribution is 7.92. The summed E-state index contributed by atoms with van der Waals surface area (Å²) in [6.07, 6.45) is 0.961. The second kappa shape index (κ2) is 6.60. The van der Waals surface area contributed by atoms with Gasteiger partial charge < -0.3 is 4.74 Å². The number of nitro benzene ring substituents is 1. The van der Waals surface area contributed by atoms with Crippen molar-refractivity contribution in [3.8, 4) is 11.5 Å². The molecule has 0 fully saturated rings.